The minimum Gasteiger partial charge on any atom is -0.497 e. The van der Waals surface area contributed by atoms with E-state index in [0.29, 0.717) is 29.1 Å². The first-order valence-corrected chi connectivity index (χ1v) is 10.8. The SMILES string of the molecule is COc1ccc(C(=O)Nc2ccccc2NC(=O)OCC2(c3ccncc3)C=CC=CC2)cc1. The van der Waals surface area contributed by atoms with Gasteiger partial charge in [-0.15, -0.1) is 0 Å². The first-order chi connectivity index (χ1) is 16.6. The van der Waals surface area contributed by atoms with Crippen LogP contribution in [0.25, 0.3) is 0 Å². The van der Waals surface area contributed by atoms with Gasteiger partial charge in [0.15, 0.2) is 0 Å². The number of nitrogens with zero attached hydrogens (tertiary/aromatic N) is 1. The first-order valence-electron chi connectivity index (χ1n) is 10.8. The summed E-state index contributed by atoms with van der Waals surface area (Å²) in [6, 6.07) is 17.6. The molecule has 0 fully saturated rings. The topological polar surface area (TPSA) is 89.6 Å². The van der Waals surface area contributed by atoms with E-state index in [-0.39, 0.29) is 12.5 Å². The van der Waals surface area contributed by atoms with E-state index >= 15 is 0 Å². The minimum atomic E-state index is -0.609. The molecule has 0 saturated heterocycles. The molecule has 2 aromatic carbocycles. The molecule has 3 aromatic rings. The summed E-state index contributed by atoms with van der Waals surface area (Å²) in [6.45, 7) is 0.157. The lowest BCUT2D eigenvalue weighted by Crippen LogP contribution is -2.32. The average molecular weight is 456 g/mol. The van der Waals surface area contributed by atoms with Crippen molar-refractivity contribution in [1.82, 2.24) is 4.98 Å². The van der Waals surface area contributed by atoms with Gasteiger partial charge in [-0.05, 0) is 60.5 Å². The Kier molecular flexibility index (Phi) is 7.03. The average Bonchev–Trinajstić information content (AvgIpc) is 2.90. The molecular weight excluding hydrogens is 430 g/mol. The van der Waals surface area contributed by atoms with Crippen molar-refractivity contribution in [3.63, 3.8) is 0 Å². The predicted molar refractivity (Wildman–Crippen MR) is 131 cm³/mol. The summed E-state index contributed by atoms with van der Waals surface area (Å²) in [7, 11) is 1.57. The Balaban J connectivity index is 1.43. The Bertz CT molecular complexity index is 1210. The normalized spacial score (nSPS) is 16.5. The third-order valence-electron chi connectivity index (χ3n) is 5.62. The summed E-state index contributed by atoms with van der Waals surface area (Å²) < 4.78 is 10.8. The summed E-state index contributed by atoms with van der Waals surface area (Å²) in [4.78, 5) is 29.4. The summed E-state index contributed by atoms with van der Waals surface area (Å²) >= 11 is 0. The number of hydrogen-bond acceptors (Lipinski definition) is 5. The molecule has 1 unspecified atom stereocenters. The van der Waals surface area contributed by atoms with Crippen molar-refractivity contribution < 1.29 is 19.1 Å². The maximum Gasteiger partial charge on any atom is 0.411 e. The number of para-hydroxylation sites is 2. The highest BCUT2D eigenvalue weighted by atomic mass is 16.5. The fourth-order valence-electron chi connectivity index (χ4n) is 3.73. The molecule has 4 rings (SSSR count). The van der Waals surface area contributed by atoms with E-state index in [1.165, 1.54) is 0 Å². The van der Waals surface area contributed by atoms with Crippen LogP contribution in [-0.2, 0) is 10.2 Å². The lowest BCUT2D eigenvalue weighted by molar-refractivity contribution is 0.102. The van der Waals surface area contributed by atoms with Gasteiger partial charge in [0.1, 0.15) is 12.4 Å². The molecule has 1 atom stereocenters. The number of carbonyl (C=O) groups excluding carboxylic acids is 2. The Labute approximate surface area is 198 Å². The van der Waals surface area contributed by atoms with Gasteiger partial charge in [-0.1, -0.05) is 36.4 Å². The molecule has 1 heterocycles. The molecule has 7 nitrogen and oxygen atoms in total. The van der Waals surface area contributed by atoms with E-state index < -0.39 is 11.5 Å². The zero-order chi connectivity index (χ0) is 23.8. The number of amides is 2. The standard InChI is InChI=1S/C27H25N3O4/c1-33-22-11-9-20(10-12-22)25(31)29-23-7-3-4-8-24(23)30-26(32)34-19-27(15-5-2-6-16-27)21-13-17-28-18-14-21/h2-15,17-18H,16,19H2,1H3,(H,29,31)(H,30,32). The van der Waals surface area contributed by atoms with Gasteiger partial charge < -0.3 is 14.8 Å². The van der Waals surface area contributed by atoms with Crippen LogP contribution in [0.4, 0.5) is 16.2 Å². The molecule has 1 aliphatic carbocycles. The van der Waals surface area contributed by atoms with Gasteiger partial charge in [0.25, 0.3) is 5.91 Å². The van der Waals surface area contributed by atoms with E-state index in [9.17, 15) is 9.59 Å². The van der Waals surface area contributed by atoms with Gasteiger partial charge in [-0.25, -0.2) is 4.79 Å². The second kappa shape index (κ2) is 10.5. The lowest BCUT2D eigenvalue weighted by atomic mass is 9.76. The fraction of sp³-hybridized carbons (Fsp3) is 0.148. The molecular formula is C27H25N3O4. The molecule has 1 aliphatic rings. The number of aromatic nitrogens is 1. The van der Waals surface area contributed by atoms with Crippen LogP contribution < -0.4 is 15.4 Å². The molecule has 0 saturated carbocycles. The number of allylic oxidation sites excluding steroid dienone is 3. The maximum atomic E-state index is 12.7. The highest BCUT2D eigenvalue weighted by Gasteiger charge is 2.31. The van der Waals surface area contributed by atoms with Gasteiger partial charge >= 0.3 is 6.09 Å². The van der Waals surface area contributed by atoms with Gasteiger partial charge in [-0.3, -0.25) is 15.1 Å². The number of pyridine rings is 1. The van der Waals surface area contributed by atoms with Crippen LogP contribution in [0.3, 0.4) is 0 Å². The number of anilines is 2. The third kappa shape index (κ3) is 5.32. The van der Waals surface area contributed by atoms with Crippen LogP contribution in [0, 0.1) is 0 Å². The number of rotatable bonds is 7. The van der Waals surface area contributed by atoms with E-state index in [1.54, 1.807) is 68.0 Å². The molecule has 0 aliphatic heterocycles. The van der Waals surface area contributed by atoms with Crippen molar-refractivity contribution in [3.8, 4) is 5.75 Å². The Morgan fingerprint density at radius 1 is 0.941 bits per heavy atom. The van der Waals surface area contributed by atoms with Crippen molar-refractivity contribution >= 4 is 23.4 Å². The van der Waals surface area contributed by atoms with E-state index in [0.717, 1.165) is 5.56 Å². The van der Waals surface area contributed by atoms with Gasteiger partial charge in [0.05, 0.1) is 23.9 Å². The second-order valence-corrected chi connectivity index (χ2v) is 7.81. The lowest BCUT2D eigenvalue weighted by Gasteiger charge is -2.31. The summed E-state index contributed by atoms with van der Waals surface area (Å²) in [5, 5.41) is 5.57. The molecule has 7 heteroatoms. The molecule has 1 aromatic heterocycles. The van der Waals surface area contributed by atoms with Gasteiger partial charge in [-0.2, -0.15) is 0 Å². The number of nitrogens with one attached hydrogen (secondary N) is 2. The molecule has 0 bridgehead atoms. The summed E-state index contributed by atoms with van der Waals surface area (Å²) in [5.41, 5.74) is 1.92. The number of carbonyl (C=O) groups is 2. The van der Waals surface area contributed by atoms with E-state index in [2.05, 4.69) is 15.6 Å². The van der Waals surface area contributed by atoms with Gasteiger partial charge in [0.2, 0.25) is 0 Å². The third-order valence-corrected chi connectivity index (χ3v) is 5.62. The van der Waals surface area contributed by atoms with Crippen molar-refractivity contribution in [1.29, 1.82) is 0 Å². The van der Waals surface area contributed by atoms with Gasteiger partial charge in [0, 0.05) is 18.0 Å². The van der Waals surface area contributed by atoms with Crippen LogP contribution >= 0.6 is 0 Å². The van der Waals surface area contributed by atoms with Crippen molar-refractivity contribution in [2.24, 2.45) is 0 Å². The fourth-order valence-corrected chi connectivity index (χ4v) is 3.73. The minimum absolute atomic E-state index is 0.157. The summed E-state index contributed by atoms with van der Waals surface area (Å²) in [5.74, 6) is 0.357. The smallest absolute Gasteiger partial charge is 0.411 e. The highest BCUT2D eigenvalue weighted by molar-refractivity contribution is 6.06. The van der Waals surface area contributed by atoms with Crippen molar-refractivity contribution in [2.45, 2.75) is 11.8 Å². The number of benzene rings is 2. The van der Waals surface area contributed by atoms with Crippen molar-refractivity contribution in [2.75, 3.05) is 24.4 Å². The zero-order valence-electron chi connectivity index (χ0n) is 18.7. The highest BCUT2D eigenvalue weighted by Crippen LogP contribution is 2.33. The van der Waals surface area contributed by atoms with Crippen LogP contribution in [0.5, 0.6) is 5.75 Å². The van der Waals surface area contributed by atoms with Crippen LogP contribution in [0.15, 0.2) is 97.4 Å². The molecule has 2 N–H and O–H groups in total. The van der Waals surface area contributed by atoms with Crippen molar-refractivity contribution in [3.05, 3.63) is 108 Å². The predicted octanol–water partition coefficient (Wildman–Crippen LogP) is 5.35. The van der Waals surface area contributed by atoms with Crippen LogP contribution in [-0.4, -0.2) is 30.7 Å². The Hall–Kier alpha value is -4.39. The molecule has 34 heavy (non-hydrogen) atoms. The monoisotopic (exact) mass is 455 g/mol. The summed E-state index contributed by atoms with van der Waals surface area (Å²) in [6.07, 6.45) is 11.6. The Morgan fingerprint density at radius 2 is 1.65 bits per heavy atom. The number of hydrogen-bond donors (Lipinski definition) is 2. The molecule has 0 radical (unpaired) electrons. The number of methoxy groups -OCH3 is 1. The maximum absolute atomic E-state index is 12.7. The Morgan fingerprint density at radius 3 is 2.29 bits per heavy atom. The second-order valence-electron chi connectivity index (χ2n) is 7.81. The number of ether oxygens (including phenoxy) is 2. The van der Waals surface area contributed by atoms with E-state index in [4.69, 9.17) is 9.47 Å². The van der Waals surface area contributed by atoms with Crippen LogP contribution in [0.2, 0.25) is 0 Å². The molecule has 172 valence electrons. The van der Waals surface area contributed by atoms with Crippen LogP contribution in [0.1, 0.15) is 22.3 Å². The van der Waals surface area contributed by atoms with E-state index in [1.807, 2.05) is 36.4 Å². The quantitative estimate of drug-likeness (QED) is 0.502. The largest absolute Gasteiger partial charge is 0.497 e. The first kappa shape index (κ1) is 22.8. The molecule has 2 amide bonds. The molecule has 0 spiro atoms. The zero-order valence-corrected chi connectivity index (χ0v) is 18.7.